The normalized spacial score (nSPS) is 11.4. The van der Waals surface area contributed by atoms with Crippen LogP contribution in [0.2, 0.25) is 0 Å². The van der Waals surface area contributed by atoms with Crippen molar-refractivity contribution in [3.8, 4) is 11.5 Å². The molecular formula is C28H31BrN2O4. The van der Waals surface area contributed by atoms with Gasteiger partial charge in [0.05, 0.1) is 13.7 Å². The van der Waals surface area contributed by atoms with E-state index in [0.29, 0.717) is 26.0 Å². The van der Waals surface area contributed by atoms with E-state index in [0.717, 1.165) is 27.1 Å². The number of methoxy groups -OCH3 is 1. The van der Waals surface area contributed by atoms with Crippen LogP contribution in [0.4, 0.5) is 0 Å². The molecule has 1 unspecified atom stereocenters. The molecule has 6 nitrogen and oxygen atoms in total. The topological polar surface area (TPSA) is 67.9 Å². The average Bonchev–Trinajstić information content (AvgIpc) is 2.90. The van der Waals surface area contributed by atoms with Crippen molar-refractivity contribution in [3.63, 3.8) is 0 Å². The fraction of sp³-hybridized carbons (Fsp3) is 0.286. The first-order valence-corrected chi connectivity index (χ1v) is 12.4. The van der Waals surface area contributed by atoms with E-state index in [9.17, 15) is 9.59 Å². The zero-order valence-corrected chi connectivity index (χ0v) is 21.7. The number of hydrogen-bond acceptors (Lipinski definition) is 4. The van der Waals surface area contributed by atoms with Crippen LogP contribution in [0.15, 0.2) is 83.3 Å². The van der Waals surface area contributed by atoms with Crippen molar-refractivity contribution in [1.82, 2.24) is 10.2 Å². The molecule has 1 N–H and O–H groups in total. The van der Waals surface area contributed by atoms with Crippen LogP contribution < -0.4 is 14.8 Å². The standard InChI is InChI=1S/C28H31BrN2O4/c1-30-28(33)26(19-21-7-4-3-5-8-21)31(20-22-10-12-23(29)13-11-22)27(32)9-6-18-35-25-16-14-24(34-2)15-17-25/h3-5,7-8,10-17,26H,6,9,18-20H2,1-2H3,(H,30,33). The molecule has 0 aromatic heterocycles. The molecule has 3 rings (SSSR count). The number of ether oxygens (including phenoxy) is 2. The fourth-order valence-corrected chi connectivity index (χ4v) is 4.00. The van der Waals surface area contributed by atoms with Gasteiger partial charge in [-0.1, -0.05) is 58.4 Å². The second kappa shape index (κ2) is 13.5. The minimum atomic E-state index is -0.624. The van der Waals surface area contributed by atoms with E-state index in [4.69, 9.17) is 9.47 Å². The SMILES string of the molecule is CNC(=O)C(Cc1ccccc1)N(Cc1ccc(Br)cc1)C(=O)CCCOc1ccc(OC)cc1. The van der Waals surface area contributed by atoms with Gasteiger partial charge >= 0.3 is 0 Å². The van der Waals surface area contributed by atoms with Crippen molar-refractivity contribution in [2.75, 3.05) is 20.8 Å². The summed E-state index contributed by atoms with van der Waals surface area (Å²) in [4.78, 5) is 28.0. The monoisotopic (exact) mass is 538 g/mol. The lowest BCUT2D eigenvalue weighted by atomic mass is 10.0. The highest BCUT2D eigenvalue weighted by atomic mass is 79.9. The van der Waals surface area contributed by atoms with E-state index in [1.165, 1.54) is 0 Å². The summed E-state index contributed by atoms with van der Waals surface area (Å²) in [6, 6.07) is 24.3. The lowest BCUT2D eigenvalue weighted by Gasteiger charge is -2.31. The molecule has 0 saturated heterocycles. The molecule has 0 aliphatic carbocycles. The molecule has 3 aromatic carbocycles. The quantitative estimate of drug-likeness (QED) is 0.329. The highest BCUT2D eigenvalue weighted by Gasteiger charge is 2.29. The molecule has 1 atom stereocenters. The van der Waals surface area contributed by atoms with E-state index >= 15 is 0 Å². The Morgan fingerprint density at radius 2 is 1.57 bits per heavy atom. The van der Waals surface area contributed by atoms with Crippen molar-refractivity contribution in [2.24, 2.45) is 0 Å². The molecule has 0 spiro atoms. The van der Waals surface area contributed by atoms with E-state index in [2.05, 4.69) is 21.2 Å². The average molecular weight is 539 g/mol. The smallest absolute Gasteiger partial charge is 0.242 e. The van der Waals surface area contributed by atoms with Crippen molar-refractivity contribution in [1.29, 1.82) is 0 Å². The number of likely N-dealkylation sites (N-methyl/N-ethyl adjacent to an activating group) is 1. The maximum absolute atomic E-state index is 13.4. The minimum Gasteiger partial charge on any atom is -0.497 e. The van der Waals surface area contributed by atoms with Gasteiger partial charge < -0.3 is 19.7 Å². The van der Waals surface area contributed by atoms with Crippen LogP contribution >= 0.6 is 15.9 Å². The van der Waals surface area contributed by atoms with Crippen LogP contribution in [0.25, 0.3) is 0 Å². The third-order valence-electron chi connectivity index (χ3n) is 5.65. The van der Waals surface area contributed by atoms with Crippen LogP contribution in [0.5, 0.6) is 11.5 Å². The summed E-state index contributed by atoms with van der Waals surface area (Å²) in [6.45, 7) is 0.740. The van der Waals surface area contributed by atoms with Crippen LogP contribution in [0, 0.1) is 0 Å². The summed E-state index contributed by atoms with van der Waals surface area (Å²) >= 11 is 3.45. The lowest BCUT2D eigenvalue weighted by Crippen LogP contribution is -2.49. The Morgan fingerprint density at radius 1 is 0.914 bits per heavy atom. The van der Waals surface area contributed by atoms with Crippen molar-refractivity contribution in [3.05, 3.63) is 94.5 Å². The largest absolute Gasteiger partial charge is 0.497 e. The van der Waals surface area contributed by atoms with E-state index in [1.54, 1.807) is 19.1 Å². The number of benzene rings is 3. The third kappa shape index (κ3) is 8.14. The zero-order valence-electron chi connectivity index (χ0n) is 20.1. The van der Waals surface area contributed by atoms with Crippen molar-refractivity contribution < 1.29 is 19.1 Å². The Labute approximate surface area is 215 Å². The van der Waals surface area contributed by atoms with Gasteiger partial charge in [0.2, 0.25) is 11.8 Å². The summed E-state index contributed by atoms with van der Waals surface area (Å²) in [6.07, 6.45) is 1.24. The number of carbonyl (C=O) groups excluding carboxylic acids is 2. The summed E-state index contributed by atoms with van der Waals surface area (Å²) < 4.78 is 11.9. The minimum absolute atomic E-state index is 0.0872. The number of amides is 2. The third-order valence-corrected chi connectivity index (χ3v) is 6.18. The predicted octanol–water partition coefficient (Wildman–Crippen LogP) is 5.00. The highest BCUT2D eigenvalue weighted by Crippen LogP contribution is 2.19. The molecule has 7 heteroatoms. The highest BCUT2D eigenvalue weighted by molar-refractivity contribution is 9.10. The van der Waals surface area contributed by atoms with Crippen molar-refractivity contribution >= 4 is 27.7 Å². The molecule has 35 heavy (non-hydrogen) atoms. The number of rotatable bonds is 12. The number of carbonyl (C=O) groups is 2. The second-order valence-corrected chi connectivity index (χ2v) is 9.01. The molecule has 2 amide bonds. The molecule has 0 fully saturated rings. The predicted molar refractivity (Wildman–Crippen MR) is 140 cm³/mol. The molecule has 3 aromatic rings. The summed E-state index contributed by atoms with van der Waals surface area (Å²) in [5.74, 6) is 1.21. The summed E-state index contributed by atoms with van der Waals surface area (Å²) in [7, 11) is 3.22. The summed E-state index contributed by atoms with van der Waals surface area (Å²) in [5.41, 5.74) is 1.95. The van der Waals surface area contributed by atoms with Gasteiger partial charge in [-0.15, -0.1) is 0 Å². The molecule has 184 valence electrons. The van der Waals surface area contributed by atoms with Crippen LogP contribution in [0.1, 0.15) is 24.0 Å². The molecule has 0 bridgehead atoms. The van der Waals surface area contributed by atoms with E-state index in [-0.39, 0.29) is 18.2 Å². The summed E-state index contributed by atoms with van der Waals surface area (Å²) in [5, 5.41) is 2.74. The Hall–Kier alpha value is -3.32. The Kier molecular flexibility index (Phi) is 10.2. The second-order valence-electron chi connectivity index (χ2n) is 8.10. The number of nitrogens with one attached hydrogen (secondary N) is 1. The number of nitrogens with zero attached hydrogens (tertiary/aromatic N) is 1. The molecule has 0 heterocycles. The first-order valence-electron chi connectivity index (χ1n) is 11.6. The van der Waals surface area contributed by atoms with Gasteiger partial charge in [0.1, 0.15) is 17.5 Å². The number of hydrogen-bond donors (Lipinski definition) is 1. The van der Waals surface area contributed by atoms with Gasteiger partial charge in [0.25, 0.3) is 0 Å². The molecule has 0 aliphatic rings. The lowest BCUT2D eigenvalue weighted by molar-refractivity contribution is -0.141. The van der Waals surface area contributed by atoms with Gasteiger partial charge in [-0.3, -0.25) is 9.59 Å². The zero-order chi connectivity index (χ0) is 25.0. The Balaban J connectivity index is 1.71. The van der Waals surface area contributed by atoms with Crippen LogP contribution in [-0.2, 0) is 22.6 Å². The van der Waals surface area contributed by atoms with E-state index in [1.807, 2.05) is 78.9 Å². The first-order chi connectivity index (χ1) is 17.0. The molecule has 0 aliphatic heterocycles. The fourth-order valence-electron chi connectivity index (χ4n) is 3.74. The van der Waals surface area contributed by atoms with Crippen molar-refractivity contribution in [2.45, 2.75) is 31.8 Å². The number of halogens is 1. The van der Waals surface area contributed by atoms with Gasteiger partial charge in [-0.2, -0.15) is 0 Å². The Bertz CT molecular complexity index is 1070. The molecule has 0 saturated carbocycles. The van der Waals surface area contributed by atoms with Crippen LogP contribution in [0.3, 0.4) is 0 Å². The maximum atomic E-state index is 13.4. The van der Waals surface area contributed by atoms with Gasteiger partial charge in [-0.25, -0.2) is 0 Å². The Morgan fingerprint density at radius 3 is 2.20 bits per heavy atom. The van der Waals surface area contributed by atoms with E-state index < -0.39 is 6.04 Å². The van der Waals surface area contributed by atoms with Gasteiger partial charge in [0, 0.05) is 30.9 Å². The molecule has 0 radical (unpaired) electrons. The molecular weight excluding hydrogens is 508 g/mol. The van der Waals surface area contributed by atoms with Crippen LogP contribution in [-0.4, -0.2) is 43.5 Å². The maximum Gasteiger partial charge on any atom is 0.242 e. The van der Waals surface area contributed by atoms with Gasteiger partial charge in [-0.05, 0) is 53.9 Å². The van der Waals surface area contributed by atoms with Gasteiger partial charge in [0.15, 0.2) is 0 Å². The first kappa shape index (κ1) is 26.3.